The Hall–Kier alpha value is -5.44. The Kier molecular flexibility index (Phi) is 7.50. The molecule has 0 saturated heterocycles. The third-order valence-corrected chi connectivity index (χ3v) is 8.33. The number of rotatable bonds is 4. The van der Waals surface area contributed by atoms with Crippen LogP contribution in [0.1, 0.15) is 49.4 Å². The van der Waals surface area contributed by atoms with Gasteiger partial charge in [0.25, 0.3) is 11.8 Å². The number of imide groups is 1. The second-order valence-electron chi connectivity index (χ2n) is 11.0. The van der Waals surface area contributed by atoms with E-state index in [0.29, 0.717) is 30.6 Å². The van der Waals surface area contributed by atoms with Gasteiger partial charge in [0.2, 0.25) is 0 Å². The van der Waals surface area contributed by atoms with Crippen molar-refractivity contribution in [1.29, 1.82) is 0 Å². The van der Waals surface area contributed by atoms with Gasteiger partial charge < -0.3 is 10.2 Å². The van der Waals surface area contributed by atoms with E-state index in [0.717, 1.165) is 54.3 Å². The molecular weight excluding hydrogens is 550 g/mol. The van der Waals surface area contributed by atoms with Gasteiger partial charge in [0.15, 0.2) is 0 Å². The molecule has 2 aromatic heterocycles. The van der Waals surface area contributed by atoms with Gasteiger partial charge in [-0.3, -0.25) is 14.5 Å². The summed E-state index contributed by atoms with van der Waals surface area (Å²) >= 11 is 0. The standard InChI is InChI=1S/C23H20N4O2.C12H11N3/c28-22-18-7-2-3-8-19(18)23(29)27(22)13-5-12-26-20-9-4-1-6-16(20)10-11-17-14-24-15-25-21(17)26;1-2-4-11-9(3-1)5-6-10-7-13-8-14-12(10)15-11/h1-4,6-9,14-15H,5,10-13H2;1-4,7-8H,5-6H2,(H,13,14,15). The van der Waals surface area contributed by atoms with E-state index in [1.54, 1.807) is 36.9 Å². The third kappa shape index (κ3) is 5.28. The van der Waals surface area contributed by atoms with E-state index in [9.17, 15) is 9.59 Å². The normalized spacial score (nSPS) is 14.5. The molecule has 3 aliphatic heterocycles. The highest BCUT2D eigenvalue weighted by molar-refractivity contribution is 6.21. The summed E-state index contributed by atoms with van der Waals surface area (Å²) in [6.45, 7) is 1.04. The van der Waals surface area contributed by atoms with Gasteiger partial charge in [-0.05, 0) is 67.5 Å². The summed E-state index contributed by atoms with van der Waals surface area (Å²) in [5.74, 6) is 1.44. The molecule has 8 rings (SSSR count). The zero-order valence-electron chi connectivity index (χ0n) is 24.2. The molecule has 218 valence electrons. The van der Waals surface area contributed by atoms with E-state index in [4.69, 9.17) is 0 Å². The van der Waals surface area contributed by atoms with Gasteiger partial charge in [0.1, 0.15) is 24.3 Å². The maximum atomic E-state index is 12.6. The monoisotopic (exact) mass is 581 g/mol. The average molecular weight is 582 g/mol. The fourth-order valence-electron chi connectivity index (χ4n) is 6.11. The van der Waals surface area contributed by atoms with Crippen molar-refractivity contribution < 1.29 is 9.59 Å². The van der Waals surface area contributed by atoms with Crippen molar-refractivity contribution in [1.82, 2.24) is 24.8 Å². The number of benzene rings is 3. The van der Waals surface area contributed by atoms with Crippen LogP contribution in [0.3, 0.4) is 0 Å². The highest BCUT2D eigenvalue weighted by Gasteiger charge is 2.34. The average Bonchev–Trinajstić information content (AvgIpc) is 3.21. The first-order chi connectivity index (χ1) is 21.7. The molecule has 5 heterocycles. The SMILES string of the molecule is O=C1c2ccccc2C(=O)N1CCCN1c2ccccc2CCc2cncnc21.c1ccc2c(c1)CCc1cncnc1N2. The van der Waals surface area contributed by atoms with Gasteiger partial charge in [-0.15, -0.1) is 0 Å². The van der Waals surface area contributed by atoms with E-state index < -0.39 is 0 Å². The predicted octanol–water partition coefficient (Wildman–Crippen LogP) is 5.72. The van der Waals surface area contributed by atoms with Crippen molar-refractivity contribution in [3.63, 3.8) is 0 Å². The summed E-state index contributed by atoms with van der Waals surface area (Å²) in [6.07, 6.45) is 11.5. The van der Waals surface area contributed by atoms with Crippen molar-refractivity contribution in [2.75, 3.05) is 23.3 Å². The summed E-state index contributed by atoms with van der Waals surface area (Å²) in [5.41, 5.74) is 8.20. The van der Waals surface area contributed by atoms with Crippen LogP contribution in [0.2, 0.25) is 0 Å². The molecule has 44 heavy (non-hydrogen) atoms. The maximum absolute atomic E-state index is 12.6. The number of para-hydroxylation sites is 2. The molecular formula is C35H31N7O2. The van der Waals surface area contributed by atoms with E-state index in [1.165, 1.54) is 21.6 Å². The lowest BCUT2D eigenvalue weighted by atomic mass is 10.1. The van der Waals surface area contributed by atoms with Crippen molar-refractivity contribution in [2.45, 2.75) is 32.1 Å². The predicted molar refractivity (Wildman–Crippen MR) is 168 cm³/mol. The number of aryl methyl sites for hydroxylation is 4. The van der Waals surface area contributed by atoms with E-state index in [1.807, 2.05) is 24.5 Å². The Morgan fingerprint density at radius 2 is 1.20 bits per heavy atom. The number of fused-ring (bicyclic) bond motifs is 5. The number of aromatic nitrogens is 4. The molecule has 1 N–H and O–H groups in total. The largest absolute Gasteiger partial charge is 0.340 e. The zero-order chi connectivity index (χ0) is 29.9. The number of hydrogen-bond acceptors (Lipinski definition) is 8. The highest BCUT2D eigenvalue weighted by atomic mass is 16.2. The summed E-state index contributed by atoms with van der Waals surface area (Å²) in [4.78, 5) is 45.8. The molecule has 0 bridgehead atoms. The molecule has 0 fully saturated rings. The fraction of sp³-hybridized carbons (Fsp3) is 0.200. The van der Waals surface area contributed by atoms with E-state index >= 15 is 0 Å². The minimum Gasteiger partial charge on any atom is -0.340 e. The van der Waals surface area contributed by atoms with Crippen LogP contribution in [0.5, 0.6) is 0 Å². The van der Waals surface area contributed by atoms with Crippen LogP contribution < -0.4 is 10.2 Å². The quantitative estimate of drug-likeness (QED) is 0.269. The first-order valence-electron chi connectivity index (χ1n) is 14.9. The van der Waals surface area contributed by atoms with Gasteiger partial charge >= 0.3 is 0 Å². The molecule has 0 atom stereocenters. The maximum Gasteiger partial charge on any atom is 0.261 e. The van der Waals surface area contributed by atoms with Gasteiger partial charge in [-0.1, -0.05) is 48.5 Å². The highest BCUT2D eigenvalue weighted by Crippen LogP contribution is 2.34. The second kappa shape index (κ2) is 12.0. The molecule has 0 radical (unpaired) electrons. The molecule has 0 saturated carbocycles. The Balaban J connectivity index is 0.000000174. The second-order valence-corrected chi connectivity index (χ2v) is 11.0. The minimum atomic E-state index is -0.204. The number of carbonyl (C=O) groups excluding carboxylic acids is 2. The smallest absolute Gasteiger partial charge is 0.261 e. The zero-order valence-corrected chi connectivity index (χ0v) is 24.2. The Labute approximate surface area is 255 Å². The molecule has 5 aromatic rings. The number of nitrogens with one attached hydrogen (secondary N) is 1. The number of carbonyl (C=O) groups is 2. The lowest BCUT2D eigenvalue weighted by molar-refractivity contribution is 0.0653. The van der Waals surface area contributed by atoms with Crippen LogP contribution in [0.15, 0.2) is 97.8 Å². The van der Waals surface area contributed by atoms with Gasteiger partial charge in [-0.25, -0.2) is 19.9 Å². The molecule has 3 aliphatic rings. The van der Waals surface area contributed by atoms with Crippen molar-refractivity contribution in [3.8, 4) is 0 Å². The summed E-state index contributed by atoms with van der Waals surface area (Å²) in [5, 5.41) is 3.35. The molecule has 0 spiro atoms. The van der Waals surface area contributed by atoms with Crippen LogP contribution in [-0.2, 0) is 25.7 Å². The minimum absolute atomic E-state index is 0.204. The first kappa shape index (κ1) is 27.4. The van der Waals surface area contributed by atoms with Crippen LogP contribution in [-0.4, -0.2) is 49.7 Å². The number of anilines is 4. The van der Waals surface area contributed by atoms with Gasteiger partial charge in [-0.2, -0.15) is 0 Å². The van der Waals surface area contributed by atoms with Crippen molar-refractivity contribution >= 4 is 34.8 Å². The molecule has 0 unspecified atom stereocenters. The first-order valence-corrected chi connectivity index (χ1v) is 14.9. The summed E-state index contributed by atoms with van der Waals surface area (Å²) in [6, 6.07) is 23.7. The molecule has 2 amide bonds. The van der Waals surface area contributed by atoms with Crippen LogP contribution in [0, 0.1) is 0 Å². The molecule has 0 aliphatic carbocycles. The number of nitrogens with zero attached hydrogens (tertiary/aromatic N) is 6. The van der Waals surface area contributed by atoms with E-state index in [-0.39, 0.29) is 11.8 Å². The Bertz CT molecular complexity index is 1730. The van der Waals surface area contributed by atoms with Crippen LogP contribution >= 0.6 is 0 Å². The van der Waals surface area contributed by atoms with Gasteiger partial charge in [0.05, 0.1) is 11.1 Å². The summed E-state index contributed by atoms with van der Waals surface area (Å²) < 4.78 is 0. The molecule has 9 nitrogen and oxygen atoms in total. The van der Waals surface area contributed by atoms with Crippen LogP contribution in [0.25, 0.3) is 0 Å². The lowest BCUT2D eigenvalue weighted by Crippen LogP contribution is -2.33. The van der Waals surface area contributed by atoms with Crippen molar-refractivity contribution in [2.24, 2.45) is 0 Å². The number of hydrogen-bond donors (Lipinski definition) is 1. The summed E-state index contributed by atoms with van der Waals surface area (Å²) in [7, 11) is 0. The topological polar surface area (TPSA) is 104 Å². The molecule has 9 heteroatoms. The van der Waals surface area contributed by atoms with E-state index in [2.05, 4.69) is 66.6 Å². The van der Waals surface area contributed by atoms with Crippen molar-refractivity contribution in [3.05, 3.63) is 131 Å². The van der Waals surface area contributed by atoms with Gasteiger partial charge in [0, 0.05) is 48.0 Å². The fourth-order valence-corrected chi connectivity index (χ4v) is 6.11. The molecule has 3 aromatic carbocycles. The third-order valence-electron chi connectivity index (χ3n) is 8.33. The van der Waals surface area contributed by atoms with Crippen LogP contribution in [0.4, 0.5) is 23.0 Å². The Morgan fingerprint density at radius 3 is 2.02 bits per heavy atom. The Morgan fingerprint density at radius 1 is 0.614 bits per heavy atom. The lowest BCUT2D eigenvalue weighted by Gasteiger charge is -2.26. The number of amides is 2.